The van der Waals surface area contributed by atoms with Crippen LogP contribution in [0.1, 0.15) is 33.3 Å². The first-order chi connectivity index (χ1) is 14.0. The number of carbonyl (C=O) groups is 1. The van der Waals surface area contributed by atoms with E-state index < -0.39 is 0 Å². The van der Waals surface area contributed by atoms with Gasteiger partial charge in [0.15, 0.2) is 0 Å². The number of rotatable bonds is 6. The smallest absolute Gasteiger partial charge is 0.246 e. The number of aromatic nitrogens is 1. The van der Waals surface area contributed by atoms with Crippen LogP contribution in [0.25, 0.3) is 11.1 Å². The second kappa shape index (κ2) is 9.70. The summed E-state index contributed by atoms with van der Waals surface area (Å²) >= 11 is 0. The van der Waals surface area contributed by atoms with Gasteiger partial charge in [-0.15, -0.1) is 0 Å². The number of benzene rings is 1. The average molecular weight is 393 g/mol. The molecule has 2 heterocycles. The van der Waals surface area contributed by atoms with E-state index in [4.69, 9.17) is 4.98 Å². The van der Waals surface area contributed by atoms with Gasteiger partial charge in [-0.3, -0.25) is 9.69 Å². The lowest BCUT2D eigenvalue weighted by atomic mass is 10.1. The van der Waals surface area contributed by atoms with Crippen LogP contribution in [0.5, 0.6) is 0 Å². The Hall–Kier alpha value is -2.66. The summed E-state index contributed by atoms with van der Waals surface area (Å²) in [5.74, 6) is 1.03. The van der Waals surface area contributed by atoms with Crippen molar-refractivity contribution in [3.63, 3.8) is 0 Å². The largest absolute Gasteiger partial charge is 0.354 e. The van der Waals surface area contributed by atoms with Gasteiger partial charge in [0.1, 0.15) is 5.82 Å². The first-order valence-electron chi connectivity index (χ1n) is 10.4. The van der Waals surface area contributed by atoms with Crippen molar-refractivity contribution in [1.82, 2.24) is 15.2 Å². The zero-order valence-electron chi connectivity index (χ0n) is 18.0. The van der Waals surface area contributed by atoms with E-state index in [2.05, 4.69) is 65.4 Å². The number of nitrogens with one attached hydrogen (secondary N) is 1. The summed E-state index contributed by atoms with van der Waals surface area (Å²) in [5, 5.41) is 2.93. The number of pyridine rings is 1. The standard InChI is InChI=1S/C24H32N4O/c1-5-19(4)24(29)26-16-20-6-8-21(9-7-20)22-10-11-23(25-17-22)28-14-12-27(13-15-28)18(2)3/h5-11,17-18H,12-16H2,1-4H3,(H,26,29)/b19-5+. The van der Waals surface area contributed by atoms with Crippen LogP contribution in [-0.2, 0) is 11.3 Å². The zero-order chi connectivity index (χ0) is 20.8. The van der Waals surface area contributed by atoms with Crippen LogP contribution in [0, 0.1) is 0 Å². The van der Waals surface area contributed by atoms with Crippen molar-refractivity contribution in [3.8, 4) is 11.1 Å². The van der Waals surface area contributed by atoms with Gasteiger partial charge in [0, 0.05) is 56.1 Å². The van der Waals surface area contributed by atoms with Gasteiger partial charge in [-0.25, -0.2) is 4.98 Å². The molecule has 0 bridgehead atoms. The third kappa shape index (κ3) is 5.45. The van der Waals surface area contributed by atoms with Gasteiger partial charge in [0.05, 0.1) is 0 Å². The highest BCUT2D eigenvalue weighted by atomic mass is 16.1. The fourth-order valence-corrected chi connectivity index (χ4v) is 3.48. The Morgan fingerprint density at radius 1 is 1.07 bits per heavy atom. The first-order valence-corrected chi connectivity index (χ1v) is 10.4. The molecule has 1 saturated heterocycles. The van der Waals surface area contributed by atoms with Crippen molar-refractivity contribution in [2.75, 3.05) is 31.1 Å². The van der Waals surface area contributed by atoms with Crippen molar-refractivity contribution < 1.29 is 4.79 Å². The number of anilines is 1. The van der Waals surface area contributed by atoms with E-state index >= 15 is 0 Å². The maximum atomic E-state index is 11.9. The maximum Gasteiger partial charge on any atom is 0.246 e. The molecule has 1 aromatic carbocycles. The van der Waals surface area contributed by atoms with E-state index in [1.54, 1.807) is 0 Å². The minimum absolute atomic E-state index is 0.0226. The Labute approximate surface area is 174 Å². The highest BCUT2D eigenvalue weighted by Crippen LogP contribution is 2.22. The van der Waals surface area contributed by atoms with E-state index in [9.17, 15) is 4.79 Å². The second-order valence-corrected chi connectivity index (χ2v) is 7.87. The third-order valence-corrected chi connectivity index (χ3v) is 5.65. The highest BCUT2D eigenvalue weighted by Gasteiger charge is 2.19. The highest BCUT2D eigenvalue weighted by molar-refractivity contribution is 5.92. The molecule has 0 unspecified atom stereocenters. The Morgan fingerprint density at radius 2 is 1.72 bits per heavy atom. The topological polar surface area (TPSA) is 48.5 Å². The van der Waals surface area contributed by atoms with Gasteiger partial charge in [-0.1, -0.05) is 30.3 Å². The molecule has 1 aliphatic rings. The molecule has 0 atom stereocenters. The van der Waals surface area contributed by atoms with Gasteiger partial charge < -0.3 is 10.2 Å². The molecular formula is C24H32N4O. The number of piperazine rings is 1. The number of carbonyl (C=O) groups excluding carboxylic acids is 1. The Morgan fingerprint density at radius 3 is 2.28 bits per heavy atom. The van der Waals surface area contributed by atoms with Crippen LogP contribution in [0.2, 0.25) is 0 Å². The number of hydrogen-bond acceptors (Lipinski definition) is 4. The van der Waals surface area contributed by atoms with Gasteiger partial charge in [-0.2, -0.15) is 0 Å². The number of allylic oxidation sites excluding steroid dienone is 1. The molecule has 0 aliphatic carbocycles. The van der Waals surface area contributed by atoms with Crippen LogP contribution < -0.4 is 10.2 Å². The van der Waals surface area contributed by atoms with Crippen LogP contribution in [-0.4, -0.2) is 48.0 Å². The Balaban J connectivity index is 1.58. The van der Waals surface area contributed by atoms with Crippen LogP contribution in [0.15, 0.2) is 54.2 Å². The van der Waals surface area contributed by atoms with E-state index in [-0.39, 0.29) is 5.91 Å². The SMILES string of the molecule is C/C=C(\C)C(=O)NCc1ccc(-c2ccc(N3CCN(C(C)C)CC3)nc2)cc1. The molecular weight excluding hydrogens is 360 g/mol. The molecule has 1 amide bonds. The summed E-state index contributed by atoms with van der Waals surface area (Å²) in [6.45, 7) is 13.0. The van der Waals surface area contributed by atoms with E-state index in [0.717, 1.165) is 54.3 Å². The predicted molar refractivity (Wildman–Crippen MR) is 120 cm³/mol. The molecule has 154 valence electrons. The minimum atomic E-state index is -0.0226. The van der Waals surface area contributed by atoms with Crippen LogP contribution >= 0.6 is 0 Å². The van der Waals surface area contributed by atoms with Crippen LogP contribution in [0.4, 0.5) is 5.82 Å². The lowest BCUT2D eigenvalue weighted by Crippen LogP contribution is -2.49. The number of nitrogens with zero attached hydrogens (tertiary/aromatic N) is 3. The van der Waals surface area contributed by atoms with Gasteiger partial charge >= 0.3 is 0 Å². The molecule has 1 aromatic heterocycles. The van der Waals surface area contributed by atoms with E-state index in [1.807, 2.05) is 26.1 Å². The molecule has 5 nitrogen and oxygen atoms in total. The summed E-state index contributed by atoms with van der Waals surface area (Å²) in [7, 11) is 0. The summed E-state index contributed by atoms with van der Waals surface area (Å²) in [5.41, 5.74) is 4.06. The summed E-state index contributed by atoms with van der Waals surface area (Å²) in [6, 6.07) is 13.2. The lowest BCUT2D eigenvalue weighted by Gasteiger charge is -2.37. The zero-order valence-corrected chi connectivity index (χ0v) is 18.0. The van der Waals surface area contributed by atoms with E-state index in [1.165, 1.54) is 0 Å². The fraction of sp³-hybridized carbons (Fsp3) is 0.417. The molecule has 1 N–H and O–H groups in total. The second-order valence-electron chi connectivity index (χ2n) is 7.87. The van der Waals surface area contributed by atoms with Crippen molar-refractivity contribution in [2.45, 2.75) is 40.3 Å². The molecule has 5 heteroatoms. The Bertz CT molecular complexity index is 832. The molecule has 0 saturated carbocycles. The molecule has 2 aromatic rings. The minimum Gasteiger partial charge on any atom is -0.354 e. The molecule has 3 rings (SSSR count). The quantitative estimate of drug-likeness (QED) is 0.759. The third-order valence-electron chi connectivity index (χ3n) is 5.65. The fourth-order valence-electron chi connectivity index (χ4n) is 3.48. The lowest BCUT2D eigenvalue weighted by molar-refractivity contribution is -0.117. The molecule has 29 heavy (non-hydrogen) atoms. The van der Waals surface area contributed by atoms with Crippen molar-refractivity contribution >= 4 is 11.7 Å². The molecule has 1 fully saturated rings. The number of hydrogen-bond donors (Lipinski definition) is 1. The maximum absolute atomic E-state index is 11.9. The van der Waals surface area contributed by atoms with Crippen molar-refractivity contribution in [3.05, 3.63) is 59.8 Å². The van der Waals surface area contributed by atoms with Gasteiger partial charge in [0.25, 0.3) is 0 Å². The summed E-state index contributed by atoms with van der Waals surface area (Å²) in [6.07, 6.45) is 3.77. The monoisotopic (exact) mass is 392 g/mol. The van der Waals surface area contributed by atoms with E-state index in [0.29, 0.717) is 12.6 Å². The van der Waals surface area contributed by atoms with Gasteiger partial charge in [-0.05, 0) is 51.0 Å². The number of amides is 1. The average Bonchev–Trinajstić information content (AvgIpc) is 2.77. The summed E-state index contributed by atoms with van der Waals surface area (Å²) in [4.78, 5) is 21.4. The van der Waals surface area contributed by atoms with Crippen molar-refractivity contribution in [2.24, 2.45) is 0 Å². The normalized spacial score (nSPS) is 15.6. The molecule has 0 spiro atoms. The summed E-state index contributed by atoms with van der Waals surface area (Å²) < 4.78 is 0. The van der Waals surface area contributed by atoms with Crippen LogP contribution in [0.3, 0.4) is 0 Å². The molecule has 1 aliphatic heterocycles. The van der Waals surface area contributed by atoms with Crippen molar-refractivity contribution in [1.29, 1.82) is 0 Å². The molecule has 0 radical (unpaired) electrons. The first kappa shape index (κ1) is 21.1. The van der Waals surface area contributed by atoms with Gasteiger partial charge in [0.2, 0.25) is 5.91 Å². The Kier molecular flexibility index (Phi) is 7.04. The predicted octanol–water partition coefficient (Wildman–Crippen LogP) is 3.86.